The summed E-state index contributed by atoms with van der Waals surface area (Å²) in [6, 6.07) is 3.58. The number of anilines is 1. The number of rotatable bonds is 5. The Morgan fingerprint density at radius 3 is 3.04 bits per heavy atom. The zero-order valence-electron chi connectivity index (χ0n) is 12.6. The monoisotopic (exact) mass is 335 g/mol. The molecule has 122 valence electrons. The summed E-state index contributed by atoms with van der Waals surface area (Å²) in [7, 11) is 0. The number of thiazole rings is 1. The van der Waals surface area contributed by atoms with Crippen molar-refractivity contribution in [1.29, 1.82) is 0 Å². The highest BCUT2D eigenvalue weighted by Gasteiger charge is 2.24. The number of amides is 2. The molecule has 0 radical (unpaired) electrons. The first-order chi connectivity index (χ1) is 11.1. The summed E-state index contributed by atoms with van der Waals surface area (Å²) in [6.07, 6.45) is 1.27. The number of hydrogen-bond donors (Lipinski definition) is 2. The number of furan rings is 1. The van der Waals surface area contributed by atoms with Crippen molar-refractivity contribution in [2.24, 2.45) is 0 Å². The van der Waals surface area contributed by atoms with Gasteiger partial charge in [-0.15, -0.1) is 11.3 Å². The molecule has 0 saturated carbocycles. The Labute approximate surface area is 137 Å². The number of carbonyl (C=O) groups excluding carboxylic acids is 2. The third-order valence-electron chi connectivity index (χ3n) is 3.38. The predicted octanol–water partition coefficient (Wildman–Crippen LogP) is 2.16. The molecular weight excluding hydrogens is 318 g/mol. The van der Waals surface area contributed by atoms with Gasteiger partial charge in [0.15, 0.2) is 10.9 Å². The summed E-state index contributed by atoms with van der Waals surface area (Å²) in [5.74, 6) is 0.970. The molecule has 0 unspecified atom stereocenters. The van der Waals surface area contributed by atoms with Crippen LogP contribution in [0.3, 0.4) is 0 Å². The third-order valence-corrected chi connectivity index (χ3v) is 4.14. The second-order valence-corrected chi connectivity index (χ2v) is 6.06. The smallest absolute Gasteiger partial charge is 0.255 e. The third kappa shape index (κ3) is 3.96. The summed E-state index contributed by atoms with van der Waals surface area (Å²) in [6.45, 7) is 2.42. The van der Waals surface area contributed by atoms with Crippen LogP contribution < -0.4 is 10.6 Å². The molecule has 8 heteroatoms. The van der Waals surface area contributed by atoms with Gasteiger partial charge in [0.1, 0.15) is 17.6 Å². The molecule has 1 atom stereocenters. The van der Waals surface area contributed by atoms with Crippen molar-refractivity contribution in [3.05, 3.63) is 23.3 Å². The quantitative estimate of drug-likeness (QED) is 0.873. The molecule has 1 aliphatic heterocycles. The van der Waals surface area contributed by atoms with E-state index < -0.39 is 0 Å². The normalized spacial score (nSPS) is 17.2. The number of aromatic nitrogens is 1. The molecule has 0 bridgehead atoms. The maximum atomic E-state index is 12.0. The fraction of sp³-hybridized carbons (Fsp3) is 0.400. The maximum Gasteiger partial charge on any atom is 0.255 e. The van der Waals surface area contributed by atoms with Crippen LogP contribution in [0.4, 0.5) is 5.13 Å². The molecule has 3 rings (SSSR count). The zero-order valence-corrected chi connectivity index (χ0v) is 13.4. The number of nitrogens with zero attached hydrogens (tertiary/aromatic N) is 1. The molecule has 2 aromatic heterocycles. The predicted molar refractivity (Wildman–Crippen MR) is 84.9 cm³/mol. The molecule has 2 amide bonds. The van der Waals surface area contributed by atoms with Crippen molar-refractivity contribution >= 4 is 28.3 Å². The summed E-state index contributed by atoms with van der Waals surface area (Å²) in [5.41, 5.74) is 0.645. The molecular formula is C15H17N3O4S. The Balaban J connectivity index is 1.62. The van der Waals surface area contributed by atoms with E-state index in [2.05, 4.69) is 15.6 Å². The van der Waals surface area contributed by atoms with Crippen LogP contribution in [-0.2, 0) is 20.9 Å². The van der Waals surface area contributed by atoms with E-state index in [4.69, 9.17) is 9.15 Å². The van der Waals surface area contributed by atoms with Gasteiger partial charge in [-0.3, -0.25) is 14.9 Å². The number of ether oxygens (including phenoxy) is 1. The average Bonchev–Trinajstić information content (AvgIpc) is 3.25. The SMILES string of the molecule is CC(=O)NCc1ccc(-c2csc(NC(=O)[C@@H]3CCCO3)n2)o1. The van der Waals surface area contributed by atoms with Crippen molar-refractivity contribution in [3.63, 3.8) is 0 Å². The standard InChI is InChI=1S/C15H17N3O4S/c1-9(19)16-7-10-4-5-12(22-10)11-8-23-15(17-11)18-14(20)13-3-2-6-21-13/h4-5,8,13H,2-3,6-7H2,1H3,(H,16,19)(H,17,18,20)/t13-/m0/s1. The first-order valence-corrected chi connectivity index (χ1v) is 8.21. The summed E-state index contributed by atoms with van der Waals surface area (Å²) >= 11 is 1.33. The van der Waals surface area contributed by atoms with Gasteiger partial charge in [0.2, 0.25) is 5.91 Å². The van der Waals surface area contributed by atoms with Crippen molar-refractivity contribution in [3.8, 4) is 11.5 Å². The minimum atomic E-state index is -0.379. The highest BCUT2D eigenvalue weighted by atomic mass is 32.1. The Hall–Kier alpha value is -2.19. The van der Waals surface area contributed by atoms with Crippen LogP contribution in [0.1, 0.15) is 25.5 Å². The van der Waals surface area contributed by atoms with Crippen LogP contribution in [0.25, 0.3) is 11.5 Å². The molecule has 1 aliphatic rings. The second kappa shape index (κ2) is 6.93. The fourth-order valence-corrected chi connectivity index (χ4v) is 2.94. The number of carbonyl (C=O) groups is 2. The summed E-state index contributed by atoms with van der Waals surface area (Å²) in [4.78, 5) is 27.2. The molecule has 23 heavy (non-hydrogen) atoms. The first-order valence-electron chi connectivity index (χ1n) is 7.33. The van der Waals surface area contributed by atoms with Gasteiger partial charge in [0.25, 0.3) is 5.91 Å². The van der Waals surface area contributed by atoms with Gasteiger partial charge in [0.05, 0.1) is 6.54 Å². The summed E-state index contributed by atoms with van der Waals surface area (Å²) in [5, 5.41) is 7.76. The average molecular weight is 335 g/mol. The summed E-state index contributed by atoms with van der Waals surface area (Å²) < 4.78 is 11.0. The number of nitrogens with one attached hydrogen (secondary N) is 2. The molecule has 2 N–H and O–H groups in total. The van der Waals surface area contributed by atoms with Gasteiger partial charge < -0.3 is 14.5 Å². The largest absolute Gasteiger partial charge is 0.458 e. The van der Waals surface area contributed by atoms with Gasteiger partial charge >= 0.3 is 0 Å². The molecule has 0 spiro atoms. The van der Waals surface area contributed by atoms with Gasteiger partial charge in [0, 0.05) is 18.9 Å². The Morgan fingerprint density at radius 1 is 1.43 bits per heavy atom. The van der Waals surface area contributed by atoms with Crippen molar-refractivity contribution in [2.45, 2.75) is 32.4 Å². The lowest BCUT2D eigenvalue weighted by atomic mass is 10.2. The van der Waals surface area contributed by atoms with Gasteiger partial charge in [-0.2, -0.15) is 0 Å². The highest BCUT2D eigenvalue weighted by Crippen LogP contribution is 2.27. The fourth-order valence-electron chi connectivity index (χ4n) is 2.24. The van der Waals surface area contributed by atoms with Crippen LogP contribution in [-0.4, -0.2) is 29.5 Å². The maximum absolute atomic E-state index is 12.0. The van der Waals surface area contributed by atoms with Gasteiger partial charge in [-0.1, -0.05) is 0 Å². The number of hydrogen-bond acceptors (Lipinski definition) is 6. The molecule has 1 fully saturated rings. The zero-order chi connectivity index (χ0) is 16.2. The lowest BCUT2D eigenvalue weighted by Gasteiger charge is -2.07. The van der Waals surface area contributed by atoms with Crippen molar-refractivity contribution < 1.29 is 18.7 Å². The second-order valence-electron chi connectivity index (χ2n) is 5.20. The van der Waals surface area contributed by atoms with Crippen LogP contribution in [0.5, 0.6) is 0 Å². The van der Waals surface area contributed by atoms with E-state index in [1.807, 2.05) is 5.38 Å². The molecule has 0 aromatic carbocycles. The first kappa shape index (κ1) is 15.7. The van der Waals surface area contributed by atoms with Gasteiger partial charge in [-0.05, 0) is 25.0 Å². The molecule has 7 nitrogen and oxygen atoms in total. The van der Waals surface area contributed by atoms with Crippen molar-refractivity contribution in [2.75, 3.05) is 11.9 Å². The Kier molecular flexibility index (Phi) is 4.73. The van der Waals surface area contributed by atoms with Crippen LogP contribution in [0.2, 0.25) is 0 Å². The van der Waals surface area contributed by atoms with Gasteiger partial charge in [-0.25, -0.2) is 4.98 Å². The molecule has 1 saturated heterocycles. The van der Waals surface area contributed by atoms with E-state index in [9.17, 15) is 9.59 Å². The molecule has 0 aliphatic carbocycles. The minimum absolute atomic E-state index is 0.115. The van der Waals surface area contributed by atoms with E-state index in [-0.39, 0.29) is 17.9 Å². The van der Waals surface area contributed by atoms with Crippen LogP contribution >= 0.6 is 11.3 Å². The molecule has 3 heterocycles. The highest BCUT2D eigenvalue weighted by molar-refractivity contribution is 7.14. The van der Waals surface area contributed by atoms with E-state index in [1.54, 1.807) is 12.1 Å². The topological polar surface area (TPSA) is 93.5 Å². The Bertz CT molecular complexity index is 703. The van der Waals surface area contributed by atoms with Crippen molar-refractivity contribution in [1.82, 2.24) is 10.3 Å². The van der Waals surface area contributed by atoms with Crippen LogP contribution in [0.15, 0.2) is 21.9 Å². The molecule has 2 aromatic rings. The lowest BCUT2D eigenvalue weighted by Crippen LogP contribution is -2.26. The van der Waals surface area contributed by atoms with Crippen LogP contribution in [0, 0.1) is 0 Å². The lowest BCUT2D eigenvalue weighted by molar-refractivity contribution is -0.124. The Morgan fingerprint density at radius 2 is 2.30 bits per heavy atom. The van der Waals surface area contributed by atoms with E-state index >= 15 is 0 Å². The minimum Gasteiger partial charge on any atom is -0.458 e. The van der Waals surface area contributed by atoms with E-state index in [1.165, 1.54) is 18.3 Å². The van der Waals surface area contributed by atoms with E-state index in [0.717, 1.165) is 12.8 Å². The van der Waals surface area contributed by atoms with E-state index in [0.29, 0.717) is 35.5 Å².